The highest BCUT2D eigenvalue weighted by molar-refractivity contribution is 5.47. The van der Waals surface area contributed by atoms with E-state index in [0.29, 0.717) is 18.6 Å². The molecule has 142 valence electrons. The van der Waals surface area contributed by atoms with Crippen molar-refractivity contribution in [3.8, 4) is 0 Å². The lowest BCUT2D eigenvalue weighted by molar-refractivity contribution is -0.141. The first-order valence-electron chi connectivity index (χ1n) is 7.94. The van der Waals surface area contributed by atoms with Crippen molar-refractivity contribution in [2.45, 2.75) is 24.7 Å². The van der Waals surface area contributed by atoms with Gasteiger partial charge in [-0.15, -0.1) is 0 Å². The number of nitrogens with one attached hydrogen (secondary N) is 1. The standard InChI is InChI=1S/C16H12F5N5O/c17-9-2-1-8(5-10(9)18)14-11(3-4-27-14)24-13-6-12(16(19,20)21)25-15-22-7-23-26(13)15/h1-2,5-7,11,14,24H,3-4H2. The van der Waals surface area contributed by atoms with Gasteiger partial charge in [-0.1, -0.05) is 6.07 Å². The molecule has 11 heteroatoms. The Balaban J connectivity index is 1.68. The van der Waals surface area contributed by atoms with Crippen LogP contribution in [0.15, 0.2) is 30.6 Å². The molecule has 0 saturated carbocycles. The molecule has 1 aliphatic rings. The monoisotopic (exact) mass is 385 g/mol. The first kappa shape index (κ1) is 17.6. The molecule has 6 nitrogen and oxygen atoms in total. The molecule has 1 aliphatic heterocycles. The van der Waals surface area contributed by atoms with Crippen molar-refractivity contribution in [2.24, 2.45) is 0 Å². The average molecular weight is 385 g/mol. The lowest BCUT2D eigenvalue weighted by Crippen LogP contribution is -2.25. The number of nitrogens with zero attached hydrogens (tertiary/aromatic N) is 4. The van der Waals surface area contributed by atoms with E-state index in [9.17, 15) is 22.0 Å². The Labute approximate surface area is 149 Å². The van der Waals surface area contributed by atoms with Crippen molar-refractivity contribution in [2.75, 3.05) is 11.9 Å². The van der Waals surface area contributed by atoms with Gasteiger partial charge >= 0.3 is 6.18 Å². The van der Waals surface area contributed by atoms with E-state index in [1.807, 2.05) is 0 Å². The Bertz CT molecular complexity index is 989. The maximum Gasteiger partial charge on any atom is 0.433 e. The topological polar surface area (TPSA) is 64.3 Å². The van der Waals surface area contributed by atoms with Gasteiger partial charge in [0.15, 0.2) is 17.3 Å². The normalized spacial score (nSPS) is 20.3. The van der Waals surface area contributed by atoms with E-state index in [1.54, 1.807) is 0 Å². The maximum atomic E-state index is 13.5. The molecule has 2 atom stereocenters. The Morgan fingerprint density at radius 1 is 1.15 bits per heavy atom. The van der Waals surface area contributed by atoms with Crippen molar-refractivity contribution < 1.29 is 26.7 Å². The second kappa shape index (κ2) is 6.41. The van der Waals surface area contributed by atoms with Gasteiger partial charge in [-0.25, -0.2) is 13.8 Å². The highest BCUT2D eigenvalue weighted by Gasteiger charge is 2.35. The summed E-state index contributed by atoms with van der Waals surface area (Å²) in [6.07, 6.45) is -3.79. The summed E-state index contributed by atoms with van der Waals surface area (Å²) >= 11 is 0. The number of rotatable bonds is 3. The maximum absolute atomic E-state index is 13.5. The van der Waals surface area contributed by atoms with E-state index < -0.39 is 35.7 Å². The molecule has 1 N–H and O–H groups in total. The van der Waals surface area contributed by atoms with Crippen LogP contribution in [-0.2, 0) is 10.9 Å². The van der Waals surface area contributed by atoms with E-state index in [-0.39, 0.29) is 11.6 Å². The molecule has 2 unspecified atom stereocenters. The van der Waals surface area contributed by atoms with Crippen LogP contribution in [-0.4, -0.2) is 32.2 Å². The van der Waals surface area contributed by atoms with E-state index in [2.05, 4.69) is 20.4 Å². The van der Waals surface area contributed by atoms with Gasteiger partial charge in [0.2, 0.25) is 0 Å². The summed E-state index contributed by atoms with van der Waals surface area (Å²) in [5, 5.41) is 6.81. The molecule has 27 heavy (non-hydrogen) atoms. The summed E-state index contributed by atoms with van der Waals surface area (Å²) in [5.41, 5.74) is -0.738. The molecule has 4 rings (SSSR count). The zero-order valence-corrected chi connectivity index (χ0v) is 13.5. The zero-order valence-electron chi connectivity index (χ0n) is 13.5. The third-order valence-corrected chi connectivity index (χ3v) is 4.24. The van der Waals surface area contributed by atoms with Crippen LogP contribution in [0, 0.1) is 11.6 Å². The molecule has 1 saturated heterocycles. The zero-order chi connectivity index (χ0) is 19.2. The average Bonchev–Trinajstić information content (AvgIpc) is 3.25. The Hall–Kier alpha value is -2.82. The number of aromatic nitrogens is 4. The van der Waals surface area contributed by atoms with Crippen LogP contribution in [0.3, 0.4) is 0 Å². The fraction of sp³-hybridized carbons (Fsp3) is 0.312. The Morgan fingerprint density at radius 3 is 2.70 bits per heavy atom. The number of halogens is 5. The summed E-state index contributed by atoms with van der Waals surface area (Å²) in [4.78, 5) is 7.15. The highest BCUT2D eigenvalue weighted by Crippen LogP contribution is 2.34. The number of anilines is 1. The fourth-order valence-electron chi connectivity index (χ4n) is 3.01. The largest absolute Gasteiger partial charge is 0.433 e. The van der Waals surface area contributed by atoms with Crippen LogP contribution in [0.2, 0.25) is 0 Å². The molecule has 0 spiro atoms. The van der Waals surface area contributed by atoms with E-state index in [1.165, 1.54) is 6.07 Å². The third-order valence-electron chi connectivity index (χ3n) is 4.24. The first-order valence-corrected chi connectivity index (χ1v) is 7.94. The number of hydrogen-bond donors (Lipinski definition) is 1. The summed E-state index contributed by atoms with van der Waals surface area (Å²) in [7, 11) is 0. The summed E-state index contributed by atoms with van der Waals surface area (Å²) in [6, 6.07) is 3.71. The number of ether oxygens (including phenoxy) is 1. The van der Waals surface area contributed by atoms with Crippen LogP contribution in [0.1, 0.15) is 23.8 Å². The molecule has 1 fully saturated rings. The third kappa shape index (κ3) is 3.29. The summed E-state index contributed by atoms with van der Waals surface area (Å²) in [5.74, 6) is -2.21. The number of fused-ring (bicyclic) bond motifs is 1. The summed E-state index contributed by atoms with van der Waals surface area (Å²) in [6.45, 7) is 0.305. The van der Waals surface area contributed by atoms with Gasteiger partial charge in [0.05, 0.1) is 6.04 Å². The smallest absolute Gasteiger partial charge is 0.371 e. The minimum atomic E-state index is -4.66. The van der Waals surface area contributed by atoms with Gasteiger partial charge < -0.3 is 10.1 Å². The SMILES string of the molecule is Fc1ccc(C2OCCC2Nc2cc(C(F)(F)F)nc3ncnn23)cc1F. The lowest BCUT2D eigenvalue weighted by Gasteiger charge is -2.22. The molecule has 1 aromatic carbocycles. The molecule has 0 radical (unpaired) electrons. The van der Waals surface area contributed by atoms with Crippen molar-refractivity contribution in [3.63, 3.8) is 0 Å². The number of benzene rings is 1. The summed E-state index contributed by atoms with van der Waals surface area (Å²) < 4.78 is 72.7. The minimum Gasteiger partial charge on any atom is -0.371 e. The van der Waals surface area contributed by atoms with Gasteiger partial charge in [-0.3, -0.25) is 0 Å². The van der Waals surface area contributed by atoms with Gasteiger partial charge in [0.25, 0.3) is 5.78 Å². The first-order chi connectivity index (χ1) is 12.8. The van der Waals surface area contributed by atoms with Crippen LogP contribution >= 0.6 is 0 Å². The van der Waals surface area contributed by atoms with E-state index >= 15 is 0 Å². The highest BCUT2D eigenvalue weighted by atomic mass is 19.4. The lowest BCUT2D eigenvalue weighted by atomic mass is 10.0. The Morgan fingerprint density at radius 2 is 1.96 bits per heavy atom. The number of alkyl halides is 3. The van der Waals surface area contributed by atoms with Gasteiger partial charge in [0.1, 0.15) is 18.2 Å². The second-order valence-corrected chi connectivity index (χ2v) is 6.00. The van der Waals surface area contributed by atoms with Gasteiger partial charge in [-0.2, -0.15) is 27.8 Å². The van der Waals surface area contributed by atoms with Crippen molar-refractivity contribution >= 4 is 11.6 Å². The fourth-order valence-corrected chi connectivity index (χ4v) is 3.01. The van der Waals surface area contributed by atoms with Crippen LogP contribution in [0.5, 0.6) is 0 Å². The minimum absolute atomic E-state index is 0.0212. The quantitative estimate of drug-likeness (QED) is 0.701. The molecule has 3 aromatic rings. The molecular formula is C16H12F5N5O. The van der Waals surface area contributed by atoms with Crippen LogP contribution in [0.25, 0.3) is 5.78 Å². The molecule has 0 bridgehead atoms. The van der Waals surface area contributed by atoms with Crippen molar-refractivity contribution in [3.05, 3.63) is 53.5 Å². The van der Waals surface area contributed by atoms with Crippen molar-refractivity contribution in [1.29, 1.82) is 0 Å². The molecule has 2 aromatic heterocycles. The van der Waals surface area contributed by atoms with E-state index in [4.69, 9.17) is 4.74 Å². The van der Waals surface area contributed by atoms with Crippen molar-refractivity contribution in [1.82, 2.24) is 19.6 Å². The molecular weight excluding hydrogens is 373 g/mol. The molecule has 0 amide bonds. The van der Waals surface area contributed by atoms with E-state index in [0.717, 1.165) is 29.0 Å². The predicted molar refractivity (Wildman–Crippen MR) is 82.9 cm³/mol. The second-order valence-electron chi connectivity index (χ2n) is 6.00. The van der Waals surface area contributed by atoms with Crippen LogP contribution in [0.4, 0.5) is 27.8 Å². The molecule has 3 heterocycles. The molecule has 0 aliphatic carbocycles. The predicted octanol–water partition coefficient (Wildman–Crippen LogP) is 3.36. The van der Waals surface area contributed by atoms with Gasteiger partial charge in [0, 0.05) is 12.7 Å². The Kier molecular flexibility index (Phi) is 4.17. The van der Waals surface area contributed by atoms with Crippen LogP contribution < -0.4 is 5.32 Å². The number of hydrogen-bond acceptors (Lipinski definition) is 5. The van der Waals surface area contributed by atoms with Gasteiger partial charge in [-0.05, 0) is 24.1 Å².